The van der Waals surface area contributed by atoms with Crippen molar-refractivity contribution in [2.24, 2.45) is 0 Å². The first kappa shape index (κ1) is 14.8. The fraction of sp³-hybridized carbons (Fsp3) is 0.188. The summed E-state index contributed by atoms with van der Waals surface area (Å²) in [5, 5.41) is 4.68. The number of thiocarbonyl (C=S) groups is 1. The Morgan fingerprint density at radius 3 is 2.65 bits per heavy atom. The van der Waals surface area contributed by atoms with Gasteiger partial charge in [0.05, 0.1) is 0 Å². The van der Waals surface area contributed by atoms with E-state index in [2.05, 4.69) is 24.4 Å². The maximum absolute atomic E-state index is 5.99. The smallest absolute Gasteiger partial charge is 0.173 e. The molecule has 4 heteroatoms. The van der Waals surface area contributed by atoms with E-state index >= 15 is 0 Å². The van der Waals surface area contributed by atoms with Gasteiger partial charge in [-0.3, -0.25) is 0 Å². The number of nitrogens with zero attached hydrogens (tertiary/aromatic N) is 1. The van der Waals surface area contributed by atoms with Crippen LogP contribution in [-0.2, 0) is 6.54 Å². The molecule has 2 rings (SSSR count). The molecule has 0 saturated heterocycles. The van der Waals surface area contributed by atoms with Crippen LogP contribution < -0.4 is 5.32 Å². The first-order chi connectivity index (χ1) is 9.54. The summed E-state index contributed by atoms with van der Waals surface area (Å²) in [5.41, 5.74) is 3.34. The van der Waals surface area contributed by atoms with E-state index in [0.717, 1.165) is 22.8 Å². The van der Waals surface area contributed by atoms with Gasteiger partial charge in [0.25, 0.3) is 0 Å². The van der Waals surface area contributed by atoms with E-state index in [1.807, 2.05) is 48.3 Å². The van der Waals surface area contributed by atoms with Gasteiger partial charge in [-0.25, -0.2) is 0 Å². The zero-order chi connectivity index (χ0) is 14.5. The molecule has 2 aromatic rings. The molecule has 0 saturated carbocycles. The second kappa shape index (κ2) is 6.73. The van der Waals surface area contributed by atoms with E-state index in [9.17, 15) is 0 Å². The van der Waals surface area contributed by atoms with Gasteiger partial charge < -0.3 is 10.2 Å². The van der Waals surface area contributed by atoms with Gasteiger partial charge in [-0.2, -0.15) is 0 Å². The largest absolute Gasteiger partial charge is 0.348 e. The summed E-state index contributed by atoms with van der Waals surface area (Å²) in [6.07, 6.45) is 0. The Balaban J connectivity index is 1.98. The zero-order valence-electron chi connectivity index (χ0n) is 11.6. The van der Waals surface area contributed by atoms with Crippen LogP contribution in [0.5, 0.6) is 0 Å². The molecule has 2 aromatic carbocycles. The Bertz CT molecular complexity index is 613. The molecule has 0 fully saturated rings. The maximum Gasteiger partial charge on any atom is 0.173 e. The molecule has 0 bridgehead atoms. The first-order valence-electron chi connectivity index (χ1n) is 6.38. The molecule has 0 amide bonds. The van der Waals surface area contributed by atoms with Crippen molar-refractivity contribution < 1.29 is 0 Å². The quantitative estimate of drug-likeness (QED) is 0.842. The van der Waals surface area contributed by atoms with Crippen molar-refractivity contribution in [3.05, 3.63) is 64.7 Å². The van der Waals surface area contributed by atoms with Crippen LogP contribution in [0.1, 0.15) is 11.1 Å². The molecule has 0 atom stereocenters. The van der Waals surface area contributed by atoms with Gasteiger partial charge in [0.15, 0.2) is 5.11 Å². The maximum atomic E-state index is 5.99. The first-order valence-corrected chi connectivity index (χ1v) is 7.16. The van der Waals surface area contributed by atoms with Crippen LogP contribution in [0.4, 0.5) is 5.69 Å². The van der Waals surface area contributed by atoms with Gasteiger partial charge in [0.2, 0.25) is 0 Å². The third-order valence-electron chi connectivity index (χ3n) is 2.92. The normalized spacial score (nSPS) is 10.2. The van der Waals surface area contributed by atoms with Crippen molar-refractivity contribution in [2.75, 3.05) is 12.4 Å². The topological polar surface area (TPSA) is 15.3 Å². The standard InChI is InChI=1S/C16H17ClN2S/c1-12-5-3-8-15(9-12)18-16(20)19(2)11-13-6-4-7-14(17)10-13/h3-10H,11H2,1-2H3,(H,18,20). The average Bonchev–Trinajstić information content (AvgIpc) is 2.38. The summed E-state index contributed by atoms with van der Waals surface area (Å²) < 4.78 is 0. The van der Waals surface area contributed by atoms with Crippen LogP contribution >= 0.6 is 23.8 Å². The SMILES string of the molecule is Cc1cccc(NC(=S)N(C)Cc2cccc(Cl)c2)c1. The number of hydrogen-bond donors (Lipinski definition) is 1. The third-order valence-corrected chi connectivity index (χ3v) is 3.57. The zero-order valence-corrected chi connectivity index (χ0v) is 13.1. The Morgan fingerprint density at radius 1 is 1.20 bits per heavy atom. The lowest BCUT2D eigenvalue weighted by molar-refractivity contribution is 0.508. The van der Waals surface area contributed by atoms with Crippen molar-refractivity contribution in [3.8, 4) is 0 Å². The number of nitrogens with one attached hydrogen (secondary N) is 1. The number of anilines is 1. The average molecular weight is 305 g/mol. The molecule has 0 spiro atoms. The minimum absolute atomic E-state index is 0.690. The van der Waals surface area contributed by atoms with Crippen LogP contribution in [0, 0.1) is 6.92 Å². The highest BCUT2D eigenvalue weighted by Crippen LogP contribution is 2.14. The summed E-state index contributed by atoms with van der Waals surface area (Å²) in [7, 11) is 1.96. The van der Waals surface area contributed by atoms with E-state index in [1.54, 1.807) is 0 Å². The highest BCUT2D eigenvalue weighted by molar-refractivity contribution is 7.80. The number of rotatable bonds is 3. The summed E-state index contributed by atoms with van der Waals surface area (Å²) in [5.74, 6) is 0. The molecule has 0 unspecified atom stereocenters. The summed E-state index contributed by atoms with van der Waals surface area (Å²) >= 11 is 11.4. The van der Waals surface area contributed by atoms with Crippen LogP contribution in [0.3, 0.4) is 0 Å². The summed E-state index contributed by atoms with van der Waals surface area (Å²) in [6.45, 7) is 2.78. The van der Waals surface area contributed by atoms with Gasteiger partial charge in [0.1, 0.15) is 0 Å². The Labute approximate surface area is 130 Å². The van der Waals surface area contributed by atoms with Crippen molar-refractivity contribution in [1.82, 2.24) is 4.90 Å². The fourth-order valence-corrected chi connectivity index (χ4v) is 2.32. The molecule has 1 N–H and O–H groups in total. The molecule has 0 aliphatic heterocycles. The Morgan fingerprint density at radius 2 is 1.95 bits per heavy atom. The van der Waals surface area contributed by atoms with Crippen LogP contribution in [0.15, 0.2) is 48.5 Å². The van der Waals surface area contributed by atoms with Crippen molar-refractivity contribution >= 4 is 34.6 Å². The molecule has 104 valence electrons. The summed E-state index contributed by atoms with van der Waals surface area (Å²) in [4.78, 5) is 1.99. The molecule has 0 radical (unpaired) electrons. The van der Waals surface area contributed by atoms with Crippen LogP contribution in [-0.4, -0.2) is 17.1 Å². The van der Waals surface area contributed by atoms with Crippen LogP contribution in [0.2, 0.25) is 5.02 Å². The molecule has 2 nitrogen and oxygen atoms in total. The second-order valence-corrected chi connectivity index (χ2v) is 5.61. The monoisotopic (exact) mass is 304 g/mol. The molecule has 0 aliphatic rings. The lowest BCUT2D eigenvalue weighted by atomic mass is 10.2. The molecule has 0 heterocycles. The van der Waals surface area contributed by atoms with Gasteiger partial charge in [-0.15, -0.1) is 0 Å². The second-order valence-electron chi connectivity index (χ2n) is 4.79. The molecular weight excluding hydrogens is 288 g/mol. The highest BCUT2D eigenvalue weighted by Gasteiger charge is 2.06. The van der Waals surface area contributed by atoms with E-state index in [1.165, 1.54) is 5.56 Å². The van der Waals surface area contributed by atoms with Gasteiger partial charge in [-0.05, 0) is 54.5 Å². The molecular formula is C16H17ClN2S. The van der Waals surface area contributed by atoms with E-state index in [4.69, 9.17) is 23.8 Å². The minimum Gasteiger partial charge on any atom is -0.348 e. The van der Waals surface area contributed by atoms with Gasteiger partial charge in [-0.1, -0.05) is 35.9 Å². The van der Waals surface area contributed by atoms with Crippen molar-refractivity contribution in [1.29, 1.82) is 0 Å². The lowest BCUT2D eigenvalue weighted by Crippen LogP contribution is -2.30. The predicted molar refractivity (Wildman–Crippen MR) is 90.3 cm³/mol. The minimum atomic E-state index is 0.690. The molecule has 0 aromatic heterocycles. The van der Waals surface area contributed by atoms with E-state index < -0.39 is 0 Å². The van der Waals surface area contributed by atoms with Crippen LogP contribution in [0.25, 0.3) is 0 Å². The highest BCUT2D eigenvalue weighted by atomic mass is 35.5. The van der Waals surface area contributed by atoms with Crippen molar-refractivity contribution in [2.45, 2.75) is 13.5 Å². The van der Waals surface area contributed by atoms with E-state index in [-0.39, 0.29) is 0 Å². The van der Waals surface area contributed by atoms with Gasteiger partial charge >= 0.3 is 0 Å². The third kappa shape index (κ3) is 4.22. The number of halogens is 1. The number of hydrogen-bond acceptors (Lipinski definition) is 1. The summed E-state index contributed by atoms with van der Waals surface area (Å²) in [6, 6.07) is 16.0. The lowest BCUT2D eigenvalue weighted by Gasteiger charge is -2.21. The Kier molecular flexibility index (Phi) is 4.99. The van der Waals surface area contributed by atoms with Gasteiger partial charge in [0, 0.05) is 24.3 Å². The fourth-order valence-electron chi connectivity index (χ4n) is 1.92. The number of aryl methyl sites for hydroxylation is 1. The molecule has 0 aliphatic carbocycles. The number of benzene rings is 2. The van der Waals surface area contributed by atoms with Crippen molar-refractivity contribution in [3.63, 3.8) is 0 Å². The Hall–Kier alpha value is -1.58. The van der Waals surface area contributed by atoms with E-state index in [0.29, 0.717) is 5.11 Å². The predicted octanol–water partition coefficient (Wildman–Crippen LogP) is 4.48. The molecule has 20 heavy (non-hydrogen) atoms.